The van der Waals surface area contributed by atoms with Gasteiger partial charge in [0.15, 0.2) is 6.61 Å². The van der Waals surface area contributed by atoms with E-state index in [1.54, 1.807) is 6.07 Å². The van der Waals surface area contributed by atoms with Gasteiger partial charge in [0, 0.05) is 44.8 Å². The van der Waals surface area contributed by atoms with Gasteiger partial charge in [-0.15, -0.1) is 0 Å². The Bertz CT molecular complexity index is 1270. The van der Waals surface area contributed by atoms with Crippen molar-refractivity contribution >= 4 is 17.5 Å². The molecule has 0 spiro atoms. The number of rotatable bonds is 7. The maximum absolute atomic E-state index is 13.8. The lowest BCUT2D eigenvalue weighted by molar-refractivity contribution is -0.120. The topological polar surface area (TPSA) is 79.1 Å². The molecule has 1 aliphatic heterocycles. The fourth-order valence-corrected chi connectivity index (χ4v) is 5.18. The zero-order valence-electron chi connectivity index (χ0n) is 24.4. The molecule has 0 atom stereocenters. The van der Waals surface area contributed by atoms with E-state index < -0.39 is 0 Å². The van der Waals surface area contributed by atoms with E-state index in [0.717, 1.165) is 48.4 Å². The van der Waals surface area contributed by atoms with Crippen molar-refractivity contribution in [2.24, 2.45) is 5.92 Å². The Morgan fingerprint density at radius 1 is 0.975 bits per heavy atom. The van der Waals surface area contributed by atoms with Gasteiger partial charge >= 0.3 is 0 Å². The lowest BCUT2D eigenvalue weighted by Crippen LogP contribution is -2.41. The van der Waals surface area contributed by atoms with Gasteiger partial charge in [0.2, 0.25) is 5.76 Å². The van der Waals surface area contributed by atoms with Crippen LogP contribution < -0.4 is 9.64 Å². The summed E-state index contributed by atoms with van der Waals surface area (Å²) in [5.74, 6) is 1.02. The van der Waals surface area contributed by atoms with E-state index in [9.17, 15) is 9.59 Å². The van der Waals surface area contributed by atoms with Crippen LogP contribution in [0.3, 0.4) is 0 Å². The van der Waals surface area contributed by atoms with Crippen molar-refractivity contribution in [3.63, 3.8) is 0 Å². The predicted molar refractivity (Wildman–Crippen MR) is 157 cm³/mol. The van der Waals surface area contributed by atoms with Gasteiger partial charge in [-0.05, 0) is 62.8 Å². The van der Waals surface area contributed by atoms with Gasteiger partial charge in [0.1, 0.15) is 5.75 Å². The second kappa shape index (κ2) is 13.6. The average Bonchev–Trinajstić information content (AvgIpc) is 3.37. The zero-order valence-corrected chi connectivity index (χ0v) is 24.4. The number of carbonyl (C=O) groups is 2. The highest BCUT2D eigenvalue weighted by Gasteiger charge is 2.27. The summed E-state index contributed by atoms with van der Waals surface area (Å²) >= 11 is 0. The molecular weight excluding hydrogens is 504 g/mol. The van der Waals surface area contributed by atoms with Crippen LogP contribution in [0.1, 0.15) is 61.5 Å². The zero-order chi connectivity index (χ0) is 28.6. The third-order valence-electron chi connectivity index (χ3n) is 7.25. The lowest BCUT2D eigenvalue weighted by Gasteiger charge is -2.29. The molecule has 0 saturated carbocycles. The quantitative estimate of drug-likeness (QED) is 0.398. The summed E-state index contributed by atoms with van der Waals surface area (Å²) < 4.78 is 11.4. The van der Waals surface area contributed by atoms with E-state index in [4.69, 9.17) is 9.26 Å². The van der Waals surface area contributed by atoms with E-state index in [0.29, 0.717) is 37.3 Å². The first-order chi connectivity index (χ1) is 19.2. The molecule has 0 bridgehead atoms. The summed E-state index contributed by atoms with van der Waals surface area (Å²) in [6.45, 7) is 13.5. The minimum absolute atomic E-state index is 0.0645. The molecule has 3 aromatic rings. The number of aryl methyl sites for hydroxylation is 1. The molecule has 8 heteroatoms. The van der Waals surface area contributed by atoms with Crippen LogP contribution in [0.4, 0.5) is 5.69 Å². The molecule has 2 heterocycles. The molecule has 0 unspecified atom stereocenters. The Morgan fingerprint density at radius 2 is 1.75 bits per heavy atom. The Labute approximate surface area is 237 Å². The molecule has 2 amide bonds. The molecule has 0 aliphatic carbocycles. The van der Waals surface area contributed by atoms with Gasteiger partial charge in [-0.3, -0.25) is 14.5 Å². The Kier molecular flexibility index (Phi) is 9.98. The van der Waals surface area contributed by atoms with Crippen LogP contribution in [0.25, 0.3) is 0 Å². The number of hydrogen-bond acceptors (Lipinski definition) is 6. The van der Waals surface area contributed by atoms with Crippen LogP contribution in [-0.2, 0) is 17.8 Å². The van der Waals surface area contributed by atoms with E-state index in [1.165, 1.54) is 0 Å². The normalized spacial score (nSPS) is 15.2. The van der Waals surface area contributed by atoms with Gasteiger partial charge in [-0.2, -0.15) is 0 Å². The summed E-state index contributed by atoms with van der Waals surface area (Å²) in [4.78, 5) is 33.5. The minimum Gasteiger partial charge on any atom is -0.484 e. The number of benzene rings is 2. The minimum atomic E-state index is -0.191. The van der Waals surface area contributed by atoms with Crippen molar-refractivity contribution in [2.45, 2.75) is 60.0 Å². The third kappa shape index (κ3) is 7.50. The van der Waals surface area contributed by atoms with Gasteiger partial charge in [-0.25, -0.2) is 0 Å². The fourth-order valence-electron chi connectivity index (χ4n) is 5.18. The summed E-state index contributed by atoms with van der Waals surface area (Å²) in [6, 6.07) is 17.4. The number of para-hydroxylation sites is 2. The Hall–Kier alpha value is -3.65. The summed E-state index contributed by atoms with van der Waals surface area (Å²) in [7, 11) is 0. The molecule has 4 rings (SSSR count). The maximum Gasteiger partial charge on any atom is 0.292 e. The molecule has 1 aromatic heterocycles. The molecule has 0 saturated heterocycles. The maximum atomic E-state index is 13.8. The Balaban J connectivity index is 1.66. The van der Waals surface area contributed by atoms with Crippen LogP contribution >= 0.6 is 0 Å². The Morgan fingerprint density at radius 3 is 2.48 bits per heavy atom. The van der Waals surface area contributed by atoms with E-state index in [2.05, 4.69) is 37.8 Å². The largest absolute Gasteiger partial charge is 0.484 e. The highest BCUT2D eigenvalue weighted by atomic mass is 16.5. The molecule has 40 heavy (non-hydrogen) atoms. The number of anilines is 1. The molecule has 2 aromatic carbocycles. The number of nitrogens with zero attached hydrogens (tertiary/aromatic N) is 4. The first-order valence-electron chi connectivity index (χ1n) is 14.3. The highest BCUT2D eigenvalue weighted by molar-refractivity contribution is 5.96. The molecule has 8 nitrogen and oxygen atoms in total. The third-order valence-corrected chi connectivity index (χ3v) is 7.25. The molecule has 0 N–H and O–H groups in total. The lowest BCUT2D eigenvalue weighted by atomic mass is 10.0. The van der Waals surface area contributed by atoms with Crippen molar-refractivity contribution in [1.29, 1.82) is 0 Å². The smallest absolute Gasteiger partial charge is 0.292 e. The SMILES string of the molecule is Cc1cccc2c1N(C(=O)COc1ccccc1)CCCN(C(C)C)CCN(C(=O)c1cc(CC(C)C)no1)C2. The monoisotopic (exact) mass is 546 g/mol. The average molecular weight is 547 g/mol. The van der Waals surface area contributed by atoms with Gasteiger partial charge in [0.05, 0.1) is 11.4 Å². The number of ether oxygens (including phenoxy) is 1. The second-order valence-corrected chi connectivity index (χ2v) is 11.2. The highest BCUT2D eigenvalue weighted by Crippen LogP contribution is 2.29. The summed E-state index contributed by atoms with van der Waals surface area (Å²) in [5, 5.41) is 4.15. The van der Waals surface area contributed by atoms with Crippen LogP contribution in [0.2, 0.25) is 0 Å². The second-order valence-electron chi connectivity index (χ2n) is 11.2. The number of amides is 2. The summed E-state index contributed by atoms with van der Waals surface area (Å²) in [5.41, 5.74) is 3.53. The van der Waals surface area contributed by atoms with E-state index in [1.807, 2.05) is 65.3 Å². The first kappa shape index (κ1) is 29.3. The molecule has 1 aliphatic rings. The molecule has 214 valence electrons. The molecule has 0 fully saturated rings. The number of hydrogen-bond donors (Lipinski definition) is 0. The number of carbonyl (C=O) groups excluding carboxylic acids is 2. The molecule has 0 radical (unpaired) electrons. The van der Waals surface area contributed by atoms with Crippen molar-refractivity contribution in [3.05, 3.63) is 77.2 Å². The van der Waals surface area contributed by atoms with Crippen LogP contribution in [0, 0.1) is 12.8 Å². The van der Waals surface area contributed by atoms with Crippen LogP contribution in [0.5, 0.6) is 5.75 Å². The predicted octanol–water partition coefficient (Wildman–Crippen LogP) is 5.35. The van der Waals surface area contributed by atoms with Gasteiger partial charge < -0.3 is 19.1 Å². The molecular formula is C32H42N4O4. The van der Waals surface area contributed by atoms with Crippen LogP contribution in [0.15, 0.2) is 59.1 Å². The fraction of sp³-hybridized carbons (Fsp3) is 0.469. The van der Waals surface area contributed by atoms with Gasteiger partial charge in [0.25, 0.3) is 11.8 Å². The standard InChI is InChI=1S/C32H42N4O4/c1-23(2)19-27-20-29(40-33-27)32(38)35-18-17-34(24(3)4)15-10-16-36(31-25(5)11-9-12-26(31)21-35)30(37)22-39-28-13-7-6-8-14-28/h6-9,11-14,20,23-24H,10,15-19,21-22H2,1-5H3. The summed E-state index contributed by atoms with van der Waals surface area (Å²) in [6.07, 6.45) is 1.56. The number of fused-ring (bicyclic) bond motifs is 1. The number of aromatic nitrogens is 1. The van der Waals surface area contributed by atoms with E-state index in [-0.39, 0.29) is 24.2 Å². The van der Waals surface area contributed by atoms with Crippen molar-refractivity contribution in [1.82, 2.24) is 15.0 Å². The van der Waals surface area contributed by atoms with Crippen molar-refractivity contribution < 1.29 is 18.8 Å². The van der Waals surface area contributed by atoms with Crippen molar-refractivity contribution in [3.8, 4) is 5.75 Å². The van der Waals surface area contributed by atoms with Crippen LogP contribution in [-0.4, -0.2) is 65.6 Å². The van der Waals surface area contributed by atoms with Gasteiger partial charge in [-0.1, -0.05) is 55.4 Å². The van der Waals surface area contributed by atoms with E-state index >= 15 is 0 Å². The van der Waals surface area contributed by atoms with Crippen molar-refractivity contribution in [2.75, 3.05) is 37.7 Å². The first-order valence-corrected chi connectivity index (χ1v) is 14.3.